The van der Waals surface area contributed by atoms with Crippen LogP contribution in [-0.4, -0.2) is 39.7 Å². The van der Waals surface area contributed by atoms with Gasteiger partial charge in [0.05, 0.1) is 17.6 Å². The Hall–Kier alpha value is -2.58. The number of benzene rings is 2. The average Bonchev–Trinajstić information content (AvgIpc) is 2.71. The average molecular weight is 421 g/mol. The van der Waals surface area contributed by atoms with Crippen molar-refractivity contribution in [1.82, 2.24) is 4.72 Å². The van der Waals surface area contributed by atoms with Crippen LogP contribution in [0.25, 0.3) is 0 Å². The van der Waals surface area contributed by atoms with Gasteiger partial charge in [-0.1, -0.05) is 31.9 Å². The third-order valence-electron chi connectivity index (χ3n) is 4.49. The Morgan fingerprint density at radius 3 is 2.41 bits per heavy atom. The van der Waals surface area contributed by atoms with Gasteiger partial charge in [-0.3, -0.25) is 0 Å². The fourth-order valence-corrected chi connectivity index (χ4v) is 3.92. The third-order valence-corrected chi connectivity index (χ3v) is 5.95. The smallest absolute Gasteiger partial charge is 0.337 e. The SMILES string of the molecule is CCCCCNS(=O)(=O)c1ccc(NCCc2ccc(OC)cc2)c(C(=O)O)c1. The van der Waals surface area contributed by atoms with Crippen LogP contribution in [0.1, 0.15) is 42.1 Å². The van der Waals surface area contributed by atoms with Crippen LogP contribution in [-0.2, 0) is 16.4 Å². The number of methoxy groups -OCH3 is 1. The lowest BCUT2D eigenvalue weighted by atomic mass is 10.1. The molecule has 0 saturated heterocycles. The normalized spacial score (nSPS) is 11.2. The first-order chi connectivity index (χ1) is 13.9. The molecule has 2 aromatic rings. The van der Waals surface area contributed by atoms with Crippen LogP contribution in [0.5, 0.6) is 5.75 Å². The van der Waals surface area contributed by atoms with Gasteiger partial charge in [0.15, 0.2) is 0 Å². The van der Waals surface area contributed by atoms with Crippen LogP contribution in [0.15, 0.2) is 47.4 Å². The molecule has 0 fully saturated rings. The molecule has 2 rings (SSSR count). The standard InChI is InChI=1S/C21H28N2O5S/c1-3-4-5-13-23-29(26,27)18-10-11-20(19(15-18)21(24)25)22-14-12-16-6-8-17(28-2)9-7-16/h6-11,15,22-23H,3-5,12-14H2,1-2H3,(H,24,25). The summed E-state index contributed by atoms with van der Waals surface area (Å²) in [7, 11) is -2.13. The summed E-state index contributed by atoms with van der Waals surface area (Å²) in [5.41, 5.74) is 1.39. The van der Waals surface area contributed by atoms with Crippen molar-refractivity contribution in [3.05, 3.63) is 53.6 Å². The molecule has 158 valence electrons. The Morgan fingerprint density at radius 1 is 1.07 bits per heavy atom. The maximum absolute atomic E-state index is 12.4. The zero-order valence-corrected chi connectivity index (χ0v) is 17.6. The highest BCUT2D eigenvalue weighted by Gasteiger charge is 2.18. The Morgan fingerprint density at radius 2 is 1.79 bits per heavy atom. The van der Waals surface area contributed by atoms with Gasteiger partial charge < -0.3 is 15.2 Å². The zero-order chi connectivity index (χ0) is 21.3. The van der Waals surface area contributed by atoms with Crippen molar-refractivity contribution in [3.8, 4) is 5.75 Å². The van der Waals surface area contributed by atoms with Crippen molar-refractivity contribution in [2.75, 3.05) is 25.5 Å². The molecule has 2 aromatic carbocycles. The van der Waals surface area contributed by atoms with Gasteiger partial charge in [0.2, 0.25) is 10.0 Å². The van der Waals surface area contributed by atoms with E-state index >= 15 is 0 Å². The van der Waals surface area contributed by atoms with Crippen molar-refractivity contribution in [1.29, 1.82) is 0 Å². The van der Waals surface area contributed by atoms with E-state index in [0.29, 0.717) is 25.2 Å². The molecule has 29 heavy (non-hydrogen) atoms. The number of carbonyl (C=O) groups is 1. The molecule has 0 aliphatic carbocycles. The van der Waals surface area contributed by atoms with Crippen LogP contribution >= 0.6 is 0 Å². The molecule has 0 unspecified atom stereocenters. The van der Waals surface area contributed by atoms with Gasteiger partial charge in [-0.05, 0) is 48.7 Å². The van der Waals surface area contributed by atoms with Gasteiger partial charge in [-0.2, -0.15) is 0 Å². The number of sulfonamides is 1. The summed E-state index contributed by atoms with van der Waals surface area (Å²) in [5.74, 6) is -0.407. The van der Waals surface area contributed by atoms with E-state index in [1.165, 1.54) is 18.2 Å². The number of carboxylic acids is 1. The summed E-state index contributed by atoms with van der Waals surface area (Å²) in [6.45, 7) is 2.88. The summed E-state index contributed by atoms with van der Waals surface area (Å²) in [6.07, 6.45) is 3.34. The number of rotatable bonds is 12. The number of ether oxygens (including phenoxy) is 1. The minimum absolute atomic E-state index is 0.0490. The lowest BCUT2D eigenvalue weighted by Crippen LogP contribution is -2.25. The highest BCUT2D eigenvalue weighted by atomic mass is 32.2. The van der Waals surface area contributed by atoms with E-state index in [2.05, 4.69) is 10.0 Å². The highest BCUT2D eigenvalue weighted by Crippen LogP contribution is 2.21. The second-order valence-electron chi connectivity index (χ2n) is 6.64. The van der Waals surface area contributed by atoms with Crippen LogP contribution in [0, 0.1) is 0 Å². The molecule has 0 atom stereocenters. The monoisotopic (exact) mass is 420 g/mol. The van der Waals surface area contributed by atoms with Crippen molar-refractivity contribution < 1.29 is 23.1 Å². The second-order valence-corrected chi connectivity index (χ2v) is 8.41. The molecule has 0 saturated carbocycles. The van der Waals surface area contributed by atoms with E-state index in [-0.39, 0.29) is 10.5 Å². The third kappa shape index (κ3) is 6.76. The first-order valence-electron chi connectivity index (χ1n) is 9.61. The summed E-state index contributed by atoms with van der Waals surface area (Å²) in [4.78, 5) is 11.6. The topological polar surface area (TPSA) is 105 Å². The minimum Gasteiger partial charge on any atom is -0.497 e. The lowest BCUT2D eigenvalue weighted by Gasteiger charge is -2.12. The van der Waals surface area contributed by atoms with Gasteiger partial charge in [0.1, 0.15) is 5.75 Å². The number of unbranched alkanes of at least 4 members (excludes halogenated alkanes) is 2. The van der Waals surface area contributed by atoms with Gasteiger partial charge in [0.25, 0.3) is 0 Å². The minimum atomic E-state index is -3.74. The van der Waals surface area contributed by atoms with E-state index in [9.17, 15) is 18.3 Å². The molecular weight excluding hydrogens is 392 g/mol. The maximum atomic E-state index is 12.4. The van der Waals surface area contributed by atoms with Gasteiger partial charge in [-0.25, -0.2) is 17.9 Å². The molecule has 0 bridgehead atoms. The van der Waals surface area contributed by atoms with E-state index in [1.807, 2.05) is 31.2 Å². The molecule has 0 spiro atoms. The summed E-state index contributed by atoms with van der Waals surface area (Å²) in [5, 5.41) is 12.6. The fraction of sp³-hybridized carbons (Fsp3) is 0.381. The number of aromatic carboxylic acids is 1. The largest absolute Gasteiger partial charge is 0.497 e. The quantitative estimate of drug-likeness (QED) is 0.454. The number of anilines is 1. The van der Waals surface area contributed by atoms with Gasteiger partial charge >= 0.3 is 5.97 Å². The second kappa shape index (κ2) is 10.8. The van der Waals surface area contributed by atoms with E-state index < -0.39 is 16.0 Å². The highest BCUT2D eigenvalue weighted by molar-refractivity contribution is 7.89. The van der Waals surface area contributed by atoms with E-state index in [4.69, 9.17) is 4.74 Å². The van der Waals surface area contributed by atoms with Crippen LogP contribution in [0.4, 0.5) is 5.69 Å². The summed E-state index contributed by atoms with van der Waals surface area (Å²) < 4.78 is 32.4. The van der Waals surface area contributed by atoms with Crippen molar-refractivity contribution in [2.45, 2.75) is 37.5 Å². The lowest BCUT2D eigenvalue weighted by molar-refractivity contribution is 0.0697. The predicted octanol–water partition coefficient (Wildman–Crippen LogP) is 3.52. The Balaban J connectivity index is 2.05. The molecule has 0 aliphatic heterocycles. The molecule has 0 amide bonds. The Labute approximate surface area is 172 Å². The number of hydrogen-bond acceptors (Lipinski definition) is 5. The molecule has 0 aliphatic rings. The summed E-state index contributed by atoms with van der Waals surface area (Å²) in [6, 6.07) is 11.7. The van der Waals surface area contributed by atoms with Gasteiger partial charge in [-0.15, -0.1) is 0 Å². The molecular formula is C21H28N2O5S. The molecule has 8 heteroatoms. The molecule has 0 heterocycles. The Bertz CT molecular complexity index is 911. The van der Waals surface area contributed by atoms with E-state index in [0.717, 1.165) is 30.6 Å². The van der Waals surface area contributed by atoms with Crippen LogP contribution < -0.4 is 14.8 Å². The zero-order valence-electron chi connectivity index (χ0n) is 16.8. The number of carboxylic acid groups (broad SMARTS) is 1. The maximum Gasteiger partial charge on any atom is 0.337 e. The first kappa shape index (κ1) is 22.7. The fourth-order valence-electron chi connectivity index (χ4n) is 2.82. The first-order valence-corrected chi connectivity index (χ1v) is 11.1. The molecule has 3 N–H and O–H groups in total. The summed E-state index contributed by atoms with van der Waals surface area (Å²) >= 11 is 0. The van der Waals surface area contributed by atoms with Crippen molar-refractivity contribution in [3.63, 3.8) is 0 Å². The molecule has 0 radical (unpaired) electrons. The Kier molecular flexibility index (Phi) is 8.48. The number of nitrogens with one attached hydrogen (secondary N) is 2. The molecule has 0 aromatic heterocycles. The van der Waals surface area contributed by atoms with Crippen molar-refractivity contribution in [2.24, 2.45) is 0 Å². The van der Waals surface area contributed by atoms with E-state index in [1.54, 1.807) is 7.11 Å². The molecule has 7 nitrogen and oxygen atoms in total. The van der Waals surface area contributed by atoms with Crippen LogP contribution in [0.2, 0.25) is 0 Å². The van der Waals surface area contributed by atoms with Gasteiger partial charge in [0, 0.05) is 18.8 Å². The van der Waals surface area contributed by atoms with Crippen LogP contribution in [0.3, 0.4) is 0 Å². The number of hydrogen-bond donors (Lipinski definition) is 3. The predicted molar refractivity (Wildman–Crippen MR) is 113 cm³/mol. The van der Waals surface area contributed by atoms with Crippen molar-refractivity contribution >= 4 is 21.7 Å².